The van der Waals surface area contributed by atoms with Gasteiger partial charge in [-0.2, -0.15) is 4.31 Å². The first-order valence-corrected chi connectivity index (χ1v) is 9.49. The number of hydrogen-bond acceptors (Lipinski definition) is 6. The number of nitrogens with zero attached hydrogens (tertiary/aromatic N) is 3. The molecule has 2 aromatic rings. The molecule has 0 fully saturated rings. The molecular formula is C17H21N3O5S. The van der Waals surface area contributed by atoms with E-state index in [1.54, 1.807) is 31.5 Å². The number of aryl methyl sites for hydroxylation is 1. The standard InChI is InChI=1S/C17H21N3O5S/c1-3-15-6-7-16(20(21)22)11-17(15)26(23,24)19(9-10-25-2)13-14-5-4-8-18-12-14/h4-8,11-12H,3,9-10,13H2,1-2H3. The summed E-state index contributed by atoms with van der Waals surface area (Å²) in [6, 6.07) is 7.43. The van der Waals surface area contributed by atoms with E-state index in [1.165, 1.54) is 23.5 Å². The summed E-state index contributed by atoms with van der Waals surface area (Å²) in [4.78, 5) is 14.4. The van der Waals surface area contributed by atoms with Crippen molar-refractivity contribution in [1.29, 1.82) is 0 Å². The first-order chi connectivity index (χ1) is 12.4. The number of pyridine rings is 1. The molecule has 2 rings (SSSR count). The highest BCUT2D eigenvalue weighted by atomic mass is 32.2. The zero-order chi connectivity index (χ0) is 19.2. The summed E-state index contributed by atoms with van der Waals surface area (Å²) in [6.45, 7) is 2.24. The van der Waals surface area contributed by atoms with Crippen molar-refractivity contribution >= 4 is 15.7 Å². The van der Waals surface area contributed by atoms with Gasteiger partial charge in [0.05, 0.1) is 16.4 Å². The van der Waals surface area contributed by atoms with Crippen molar-refractivity contribution in [2.45, 2.75) is 24.8 Å². The Morgan fingerprint density at radius 3 is 2.65 bits per heavy atom. The fourth-order valence-electron chi connectivity index (χ4n) is 2.50. The Hall–Kier alpha value is -2.36. The van der Waals surface area contributed by atoms with Crippen molar-refractivity contribution in [2.75, 3.05) is 20.3 Å². The van der Waals surface area contributed by atoms with Crippen molar-refractivity contribution in [3.8, 4) is 0 Å². The van der Waals surface area contributed by atoms with Gasteiger partial charge in [0.15, 0.2) is 0 Å². The maximum absolute atomic E-state index is 13.2. The van der Waals surface area contributed by atoms with Crippen LogP contribution in [0.5, 0.6) is 0 Å². The third kappa shape index (κ3) is 4.63. The minimum Gasteiger partial charge on any atom is -0.383 e. The Bertz CT molecular complexity index is 856. The lowest BCUT2D eigenvalue weighted by Gasteiger charge is -2.23. The highest BCUT2D eigenvalue weighted by Gasteiger charge is 2.28. The number of rotatable bonds is 9. The van der Waals surface area contributed by atoms with E-state index in [9.17, 15) is 18.5 Å². The van der Waals surface area contributed by atoms with Crippen molar-refractivity contribution in [2.24, 2.45) is 0 Å². The number of non-ortho nitro benzene ring substituents is 1. The molecule has 0 unspecified atom stereocenters. The van der Waals surface area contributed by atoms with E-state index >= 15 is 0 Å². The van der Waals surface area contributed by atoms with E-state index in [-0.39, 0.29) is 30.3 Å². The number of nitro benzene ring substituents is 1. The summed E-state index contributed by atoms with van der Waals surface area (Å²) in [6.07, 6.45) is 3.63. The molecule has 140 valence electrons. The number of methoxy groups -OCH3 is 1. The normalized spacial score (nSPS) is 11.7. The Balaban J connectivity index is 2.48. The summed E-state index contributed by atoms with van der Waals surface area (Å²) in [5.41, 5.74) is 0.994. The van der Waals surface area contributed by atoms with Gasteiger partial charge in [-0.25, -0.2) is 8.42 Å². The van der Waals surface area contributed by atoms with E-state index in [0.717, 1.165) is 11.6 Å². The molecule has 9 heteroatoms. The molecule has 0 saturated heterocycles. The van der Waals surface area contributed by atoms with Gasteiger partial charge in [0.1, 0.15) is 0 Å². The van der Waals surface area contributed by atoms with Crippen LogP contribution in [0.2, 0.25) is 0 Å². The van der Waals surface area contributed by atoms with Gasteiger partial charge in [0.25, 0.3) is 5.69 Å². The second kappa shape index (κ2) is 8.84. The molecule has 0 bridgehead atoms. The predicted octanol–water partition coefficient (Wildman–Crippen LogP) is 2.39. The van der Waals surface area contributed by atoms with Gasteiger partial charge in [0, 0.05) is 44.7 Å². The molecule has 0 radical (unpaired) electrons. The molecule has 0 atom stereocenters. The number of hydrogen-bond donors (Lipinski definition) is 0. The third-order valence-electron chi connectivity index (χ3n) is 3.89. The van der Waals surface area contributed by atoms with Gasteiger partial charge in [-0.3, -0.25) is 15.1 Å². The van der Waals surface area contributed by atoms with E-state index in [0.29, 0.717) is 12.0 Å². The summed E-state index contributed by atoms with van der Waals surface area (Å²) in [5, 5.41) is 11.1. The number of ether oxygens (including phenoxy) is 1. The van der Waals surface area contributed by atoms with Crippen LogP contribution in [0.1, 0.15) is 18.1 Å². The maximum atomic E-state index is 13.2. The van der Waals surface area contributed by atoms with Gasteiger partial charge in [-0.1, -0.05) is 19.1 Å². The van der Waals surface area contributed by atoms with Crippen LogP contribution in [0.4, 0.5) is 5.69 Å². The van der Waals surface area contributed by atoms with Crippen LogP contribution in [0.3, 0.4) is 0 Å². The molecule has 0 amide bonds. The van der Waals surface area contributed by atoms with Crippen molar-refractivity contribution < 1.29 is 18.1 Å². The van der Waals surface area contributed by atoms with E-state index in [4.69, 9.17) is 4.74 Å². The van der Waals surface area contributed by atoms with Crippen LogP contribution in [0.15, 0.2) is 47.6 Å². The second-order valence-corrected chi connectivity index (χ2v) is 7.50. The summed E-state index contributed by atoms with van der Waals surface area (Å²) in [7, 11) is -2.46. The molecule has 1 aromatic carbocycles. The van der Waals surface area contributed by atoms with E-state index in [2.05, 4.69) is 4.98 Å². The summed E-state index contributed by atoms with van der Waals surface area (Å²) in [5.74, 6) is 0. The van der Waals surface area contributed by atoms with Crippen LogP contribution in [0.25, 0.3) is 0 Å². The zero-order valence-corrected chi connectivity index (χ0v) is 15.5. The average Bonchev–Trinajstić information content (AvgIpc) is 2.65. The lowest BCUT2D eigenvalue weighted by atomic mass is 10.1. The highest BCUT2D eigenvalue weighted by molar-refractivity contribution is 7.89. The zero-order valence-electron chi connectivity index (χ0n) is 14.7. The smallest absolute Gasteiger partial charge is 0.270 e. The fourth-order valence-corrected chi connectivity index (χ4v) is 4.23. The Morgan fingerprint density at radius 1 is 1.31 bits per heavy atom. The molecule has 1 aromatic heterocycles. The van der Waals surface area contributed by atoms with Crippen molar-refractivity contribution in [1.82, 2.24) is 9.29 Å². The summed E-state index contributed by atoms with van der Waals surface area (Å²) >= 11 is 0. The van der Waals surface area contributed by atoms with Crippen LogP contribution in [0, 0.1) is 10.1 Å². The third-order valence-corrected chi connectivity index (χ3v) is 5.81. The largest absolute Gasteiger partial charge is 0.383 e. The van der Waals surface area contributed by atoms with Crippen LogP contribution < -0.4 is 0 Å². The van der Waals surface area contributed by atoms with Crippen LogP contribution >= 0.6 is 0 Å². The molecule has 0 aliphatic rings. The number of aromatic nitrogens is 1. The topological polar surface area (TPSA) is 103 Å². The van der Waals surface area contributed by atoms with E-state index < -0.39 is 14.9 Å². The minimum absolute atomic E-state index is 0.0470. The van der Waals surface area contributed by atoms with Gasteiger partial charge < -0.3 is 4.74 Å². The van der Waals surface area contributed by atoms with Crippen molar-refractivity contribution in [3.05, 3.63) is 64.0 Å². The number of sulfonamides is 1. The molecule has 8 nitrogen and oxygen atoms in total. The minimum atomic E-state index is -3.95. The van der Waals surface area contributed by atoms with Gasteiger partial charge >= 0.3 is 0 Å². The Labute approximate surface area is 152 Å². The number of nitro groups is 1. The summed E-state index contributed by atoms with van der Waals surface area (Å²) < 4.78 is 32.7. The van der Waals surface area contributed by atoms with Crippen molar-refractivity contribution in [3.63, 3.8) is 0 Å². The molecule has 1 heterocycles. The lowest BCUT2D eigenvalue weighted by molar-refractivity contribution is -0.385. The lowest BCUT2D eigenvalue weighted by Crippen LogP contribution is -2.34. The second-order valence-electron chi connectivity index (χ2n) is 5.60. The van der Waals surface area contributed by atoms with Gasteiger partial charge in [0.2, 0.25) is 10.0 Å². The first-order valence-electron chi connectivity index (χ1n) is 8.05. The van der Waals surface area contributed by atoms with Gasteiger partial charge in [-0.15, -0.1) is 0 Å². The Kier molecular flexibility index (Phi) is 6.78. The molecule has 0 N–H and O–H groups in total. The highest BCUT2D eigenvalue weighted by Crippen LogP contribution is 2.26. The first kappa shape index (κ1) is 20.0. The SMILES string of the molecule is CCc1ccc([N+](=O)[O-])cc1S(=O)(=O)N(CCOC)Cc1cccnc1. The molecule has 0 spiro atoms. The average molecular weight is 379 g/mol. The van der Waals surface area contributed by atoms with E-state index in [1.807, 2.05) is 0 Å². The van der Waals surface area contributed by atoms with Crippen LogP contribution in [-0.2, 0) is 27.7 Å². The maximum Gasteiger partial charge on any atom is 0.270 e. The quantitative estimate of drug-likeness (QED) is 0.490. The molecule has 0 saturated carbocycles. The predicted molar refractivity (Wildman–Crippen MR) is 96.2 cm³/mol. The molecule has 0 aliphatic carbocycles. The number of benzene rings is 1. The molecule has 0 aliphatic heterocycles. The van der Waals surface area contributed by atoms with Gasteiger partial charge in [-0.05, 0) is 23.6 Å². The molecular weight excluding hydrogens is 358 g/mol. The molecule has 26 heavy (non-hydrogen) atoms. The monoisotopic (exact) mass is 379 g/mol. The Morgan fingerprint density at radius 2 is 2.08 bits per heavy atom. The van der Waals surface area contributed by atoms with Crippen LogP contribution in [-0.4, -0.2) is 42.9 Å². The fraction of sp³-hybridized carbons (Fsp3) is 0.353.